The second-order valence-electron chi connectivity index (χ2n) is 3.41. The molecule has 6 heteroatoms. The van der Waals surface area contributed by atoms with Crippen LogP contribution in [0.2, 0.25) is 0 Å². The van der Waals surface area contributed by atoms with Gasteiger partial charge >= 0.3 is 5.16 Å². The fraction of sp³-hybridized carbons (Fsp3) is 0.556. The molecule has 0 unspecified atom stereocenters. The minimum atomic E-state index is -3.27. The molecule has 84 valence electrons. The van der Waals surface area contributed by atoms with E-state index in [1.807, 2.05) is 6.92 Å². The van der Waals surface area contributed by atoms with Crippen molar-refractivity contribution in [2.75, 3.05) is 18.1 Å². The Bertz CT molecular complexity index is 443. The summed E-state index contributed by atoms with van der Waals surface area (Å²) in [6.07, 6.45) is 3.80. The lowest BCUT2D eigenvalue weighted by Crippen LogP contribution is -2.36. The molecule has 0 atom stereocenters. The van der Waals surface area contributed by atoms with Gasteiger partial charge in [-0.1, -0.05) is 6.92 Å². The third kappa shape index (κ3) is 3.16. The van der Waals surface area contributed by atoms with Crippen LogP contribution >= 0.6 is 0 Å². The van der Waals surface area contributed by atoms with Gasteiger partial charge in [-0.05, 0) is 11.4 Å². The average molecular weight is 230 g/mol. The van der Waals surface area contributed by atoms with Crippen LogP contribution in [-0.2, 0) is 16.9 Å². The highest BCUT2D eigenvalue weighted by molar-refractivity contribution is 7.90. The van der Waals surface area contributed by atoms with Gasteiger partial charge < -0.3 is 5.32 Å². The maximum atomic E-state index is 11.4. The number of nitrogens with one attached hydrogen (secondary N) is 1. The first kappa shape index (κ1) is 11.9. The Morgan fingerprint density at radius 3 is 2.73 bits per heavy atom. The summed E-state index contributed by atoms with van der Waals surface area (Å²) in [6.45, 7) is 2.82. The first-order chi connectivity index (χ1) is 6.95. The summed E-state index contributed by atoms with van der Waals surface area (Å²) in [5.74, 6) is 0.593. The minimum absolute atomic E-state index is 0.0728. The molecule has 0 amide bonds. The van der Waals surface area contributed by atoms with E-state index >= 15 is 0 Å². The topological polar surface area (TPSA) is 62.9 Å². The van der Waals surface area contributed by atoms with Crippen LogP contribution in [0.3, 0.4) is 0 Å². The molecule has 0 aliphatic rings. The summed E-state index contributed by atoms with van der Waals surface area (Å²) in [5.41, 5.74) is 0. The molecule has 1 aromatic heterocycles. The number of nitrogens with zero attached hydrogens (tertiary/aromatic N) is 2. The normalized spacial score (nSPS) is 11.4. The molecule has 0 aromatic carbocycles. The van der Waals surface area contributed by atoms with Crippen LogP contribution in [0.25, 0.3) is 0 Å². The Kier molecular flexibility index (Phi) is 3.62. The highest BCUT2D eigenvalue weighted by atomic mass is 32.2. The minimum Gasteiger partial charge on any atom is -0.349 e. The van der Waals surface area contributed by atoms with Crippen molar-refractivity contribution in [2.24, 2.45) is 7.05 Å². The predicted octanol–water partition coefficient (Wildman–Crippen LogP) is 0.131. The number of aromatic nitrogens is 2. The third-order valence-corrected chi connectivity index (χ3v) is 2.90. The van der Waals surface area contributed by atoms with Gasteiger partial charge in [0.1, 0.15) is 0 Å². The van der Waals surface area contributed by atoms with E-state index in [1.54, 1.807) is 19.3 Å². The molecule has 0 saturated heterocycles. The van der Waals surface area contributed by atoms with Crippen LogP contribution in [0, 0.1) is 0 Å². The largest absolute Gasteiger partial charge is 0.418 e. The van der Waals surface area contributed by atoms with Gasteiger partial charge in [0.25, 0.3) is 9.84 Å². The van der Waals surface area contributed by atoms with Crippen LogP contribution in [0.1, 0.15) is 13.3 Å². The van der Waals surface area contributed by atoms with Crippen molar-refractivity contribution in [3.05, 3.63) is 12.3 Å². The monoisotopic (exact) mass is 230 g/mol. The highest BCUT2D eigenvalue weighted by Gasteiger charge is 2.23. The van der Waals surface area contributed by atoms with Crippen molar-refractivity contribution in [1.29, 1.82) is 0 Å². The van der Waals surface area contributed by atoms with Crippen LogP contribution < -0.4 is 9.88 Å². The van der Waals surface area contributed by atoms with Crippen molar-refractivity contribution in [1.82, 2.24) is 4.98 Å². The van der Waals surface area contributed by atoms with Crippen LogP contribution in [-0.4, -0.2) is 26.2 Å². The first-order valence-electron chi connectivity index (χ1n) is 4.75. The zero-order valence-electron chi connectivity index (χ0n) is 9.19. The Morgan fingerprint density at radius 2 is 2.20 bits per heavy atom. The average Bonchev–Trinajstić information content (AvgIpc) is 2.15. The lowest BCUT2D eigenvalue weighted by atomic mass is 10.4. The smallest absolute Gasteiger partial charge is 0.349 e. The van der Waals surface area contributed by atoms with Crippen molar-refractivity contribution >= 4 is 15.7 Å². The number of aryl methyl sites for hydroxylation is 1. The van der Waals surface area contributed by atoms with Crippen LogP contribution in [0.5, 0.6) is 0 Å². The second-order valence-corrected chi connectivity index (χ2v) is 5.31. The summed E-state index contributed by atoms with van der Waals surface area (Å²) >= 11 is 0. The molecule has 0 spiro atoms. The van der Waals surface area contributed by atoms with Crippen LogP contribution in [0.15, 0.2) is 17.4 Å². The van der Waals surface area contributed by atoms with Gasteiger partial charge in [-0.3, -0.25) is 0 Å². The zero-order chi connectivity index (χ0) is 11.5. The third-order valence-electron chi connectivity index (χ3n) is 1.86. The van der Waals surface area contributed by atoms with Gasteiger partial charge in [0.05, 0.1) is 19.5 Å². The quantitative estimate of drug-likeness (QED) is 0.590. The molecule has 1 N–H and O–H groups in total. The zero-order valence-corrected chi connectivity index (χ0v) is 10.0. The fourth-order valence-electron chi connectivity index (χ4n) is 1.16. The molecule has 1 aromatic rings. The van der Waals surface area contributed by atoms with Crippen molar-refractivity contribution in [3.63, 3.8) is 0 Å². The van der Waals surface area contributed by atoms with E-state index in [0.717, 1.165) is 19.2 Å². The predicted molar refractivity (Wildman–Crippen MR) is 57.3 cm³/mol. The Balaban J connectivity index is 3.06. The fourth-order valence-corrected chi connectivity index (χ4v) is 2.01. The molecular weight excluding hydrogens is 214 g/mol. The summed E-state index contributed by atoms with van der Waals surface area (Å²) in [6, 6.07) is 1.75. The molecule has 0 aliphatic heterocycles. The number of sulfone groups is 1. The Hall–Kier alpha value is -1.17. The first-order valence-corrected chi connectivity index (χ1v) is 6.65. The van der Waals surface area contributed by atoms with Gasteiger partial charge in [-0.15, -0.1) is 0 Å². The lowest BCUT2D eigenvalue weighted by Gasteiger charge is -2.00. The summed E-state index contributed by atoms with van der Waals surface area (Å²) in [7, 11) is -1.61. The molecule has 0 bridgehead atoms. The van der Waals surface area contributed by atoms with Crippen molar-refractivity contribution < 1.29 is 13.0 Å². The standard InChI is InChI=1S/C9H15N3O2S/c1-4-6-10-8-5-7-12(2)9(11-8)15(3,13)14/h5,7H,4,6H2,1-3H3/p+1. The lowest BCUT2D eigenvalue weighted by molar-refractivity contribution is -0.714. The van der Waals surface area contributed by atoms with Crippen molar-refractivity contribution in [2.45, 2.75) is 18.5 Å². The highest BCUT2D eigenvalue weighted by Crippen LogP contribution is 2.04. The summed E-state index contributed by atoms with van der Waals surface area (Å²) < 4.78 is 24.2. The van der Waals surface area contributed by atoms with E-state index in [0.29, 0.717) is 5.82 Å². The van der Waals surface area contributed by atoms with Gasteiger partial charge in [0.15, 0.2) is 0 Å². The number of hydrogen-bond acceptors (Lipinski definition) is 4. The molecule has 0 radical (unpaired) electrons. The molecule has 0 aliphatic carbocycles. The van der Waals surface area contributed by atoms with E-state index in [1.165, 1.54) is 4.57 Å². The van der Waals surface area contributed by atoms with E-state index in [9.17, 15) is 8.42 Å². The molecule has 5 nitrogen and oxygen atoms in total. The number of anilines is 1. The van der Waals surface area contributed by atoms with Crippen LogP contribution in [0.4, 0.5) is 5.82 Å². The van der Waals surface area contributed by atoms with Gasteiger partial charge in [-0.2, -0.15) is 0 Å². The number of rotatable bonds is 4. The van der Waals surface area contributed by atoms with Gasteiger partial charge in [0.2, 0.25) is 5.82 Å². The van der Waals surface area contributed by atoms with E-state index < -0.39 is 9.84 Å². The molecule has 0 fully saturated rings. The number of hydrogen-bond donors (Lipinski definition) is 1. The maximum Gasteiger partial charge on any atom is 0.418 e. The summed E-state index contributed by atoms with van der Waals surface area (Å²) in [5, 5.41) is 3.12. The van der Waals surface area contributed by atoms with Crippen molar-refractivity contribution in [3.8, 4) is 0 Å². The molecule has 0 saturated carbocycles. The van der Waals surface area contributed by atoms with Gasteiger partial charge in [0, 0.05) is 12.6 Å². The van der Waals surface area contributed by atoms with E-state index in [4.69, 9.17) is 0 Å². The van der Waals surface area contributed by atoms with Gasteiger partial charge in [-0.25, -0.2) is 13.0 Å². The Morgan fingerprint density at radius 1 is 1.53 bits per heavy atom. The molecule has 15 heavy (non-hydrogen) atoms. The molecule has 1 heterocycles. The molecule has 1 rings (SSSR count). The maximum absolute atomic E-state index is 11.4. The molecular formula is C9H16N3O2S+. The SMILES string of the molecule is CCCNc1cc[n+](C)c(S(C)(=O)=O)n1. The second kappa shape index (κ2) is 4.57. The van der Waals surface area contributed by atoms with E-state index in [2.05, 4.69) is 10.3 Å². The summed E-state index contributed by atoms with van der Waals surface area (Å²) in [4.78, 5) is 4.04. The van der Waals surface area contributed by atoms with E-state index in [-0.39, 0.29) is 5.16 Å². The Labute approximate surface area is 90.1 Å².